The van der Waals surface area contributed by atoms with Crippen molar-refractivity contribution in [2.75, 3.05) is 21.0 Å². The Kier molecular flexibility index (Phi) is 9.10. The fourth-order valence-corrected chi connectivity index (χ4v) is 3.16. The lowest BCUT2D eigenvalue weighted by Crippen LogP contribution is -2.31. The molecule has 0 aliphatic carbocycles. The number of methoxy groups -OCH3 is 2. The number of aromatic nitrogens is 1. The first-order valence-electron chi connectivity index (χ1n) is 10.0. The molecule has 2 aromatic rings. The summed E-state index contributed by atoms with van der Waals surface area (Å²) < 4.78 is 21.0. The van der Waals surface area contributed by atoms with Crippen LogP contribution in [0, 0.1) is 0 Å². The van der Waals surface area contributed by atoms with E-state index in [0.717, 1.165) is 11.3 Å². The van der Waals surface area contributed by atoms with Crippen molar-refractivity contribution in [1.82, 2.24) is 10.3 Å². The molecule has 1 heterocycles. The molecule has 0 aliphatic heterocycles. The molecule has 31 heavy (non-hydrogen) atoms. The minimum Gasteiger partial charge on any atom is -0.497 e. The van der Waals surface area contributed by atoms with Crippen LogP contribution in [-0.4, -0.2) is 37.6 Å². The summed E-state index contributed by atoms with van der Waals surface area (Å²) in [5, 5.41) is 3.66. The molecular weight excluding hydrogens is 420 g/mol. The maximum absolute atomic E-state index is 12.6. The van der Waals surface area contributed by atoms with Gasteiger partial charge in [-0.25, -0.2) is 4.98 Å². The second-order valence-electron chi connectivity index (χ2n) is 8.08. The van der Waals surface area contributed by atoms with Gasteiger partial charge in [-0.15, -0.1) is 0 Å². The Labute approximate surface area is 189 Å². The number of benzene rings is 1. The number of ether oxygens (including phenoxy) is 4. The van der Waals surface area contributed by atoms with Gasteiger partial charge in [0.1, 0.15) is 11.4 Å². The zero-order valence-corrected chi connectivity index (χ0v) is 19.7. The van der Waals surface area contributed by atoms with Crippen molar-refractivity contribution in [3.63, 3.8) is 0 Å². The van der Waals surface area contributed by atoms with E-state index in [2.05, 4.69) is 10.3 Å². The van der Waals surface area contributed by atoms with Crippen LogP contribution in [-0.2, 0) is 14.3 Å². The van der Waals surface area contributed by atoms with Crippen LogP contribution in [0.2, 0.25) is 5.15 Å². The molecular formula is C23H31ClN2O5. The molecule has 0 unspecified atom stereocenters. The predicted molar refractivity (Wildman–Crippen MR) is 119 cm³/mol. The zero-order valence-electron chi connectivity index (χ0n) is 18.9. The minimum atomic E-state index is -0.577. The predicted octanol–water partition coefficient (Wildman–Crippen LogP) is 4.85. The fourth-order valence-electron chi connectivity index (χ4n) is 2.95. The van der Waals surface area contributed by atoms with Gasteiger partial charge in [-0.05, 0) is 57.5 Å². The normalized spacial score (nSPS) is 13.4. The van der Waals surface area contributed by atoms with Crippen LogP contribution in [0.5, 0.6) is 11.5 Å². The van der Waals surface area contributed by atoms with Crippen LogP contribution in [0.25, 0.3) is 0 Å². The molecule has 170 valence electrons. The van der Waals surface area contributed by atoms with Crippen LogP contribution in [0.4, 0.5) is 0 Å². The Morgan fingerprint density at radius 2 is 1.81 bits per heavy atom. The van der Waals surface area contributed by atoms with Gasteiger partial charge >= 0.3 is 5.97 Å². The van der Waals surface area contributed by atoms with Crippen molar-refractivity contribution in [1.29, 1.82) is 0 Å². The van der Waals surface area contributed by atoms with Gasteiger partial charge in [0, 0.05) is 13.2 Å². The number of rotatable bonds is 10. The third-order valence-corrected chi connectivity index (χ3v) is 4.65. The minimum absolute atomic E-state index is 0.0643. The maximum Gasteiger partial charge on any atom is 0.308 e. The number of carbonyl (C=O) groups is 1. The molecule has 7 nitrogen and oxygen atoms in total. The number of hydrogen-bond acceptors (Lipinski definition) is 7. The summed E-state index contributed by atoms with van der Waals surface area (Å²) in [6.45, 7) is 7.59. The number of nitrogens with one attached hydrogen (secondary N) is 1. The maximum atomic E-state index is 12.6. The number of nitrogens with zero attached hydrogens (tertiary/aromatic N) is 1. The topological polar surface area (TPSA) is 78.9 Å². The fraction of sp³-hybridized carbons (Fsp3) is 0.478. The Balaban J connectivity index is 2.24. The Bertz CT molecular complexity index is 852. The van der Waals surface area contributed by atoms with E-state index in [1.54, 1.807) is 19.2 Å². The van der Waals surface area contributed by atoms with Gasteiger partial charge in [0.05, 0.1) is 25.3 Å². The lowest BCUT2D eigenvalue weighted by Gasteiger charge is -2.25. The van der Waals surface area contributed by atoms with Gasteiger partial charge in [0.25, 0.3) is 0 Å². The van der Waals surface area contributed by atoms with Crippen LogP contribution < -0.4 is 14.8 Å². The van der Waals surface area contributed by atoms with Crippen molar-refractivity contribution in [3.8, 4) is 11.5 Å². The number of halogens is 1. The number of hydrogen-bond donors (Lipinski definition) is 1. The summed E-state index contributed by atoms with van der Waals surface area (Å²) in [6, 6.07) is 10.8. The van der Waals surface area contributed by atoms with Gasteiger partial charge in [0.2, 0.25) is 0 Å². The molecule has 0 bridgehead atoms. The van der Waals surface area contributed by atoms with Crippen molar-refractivity contribution >= 4 is 17.6 Å². The number of esters is 1. The van der Waals surface area contributed by atoms with E-state index in [4.69, 9.17) is 30.5 Å². The molecule has 0 fully saturated rings. The highest BCUT2D eigenvalue weighted by Gasteiger charge is 2.25. The van der Waals surface area contributed by atoms with Crippen molar-refractivity contribution in [3.05, 3.63) is 52.8 Å². The van der Waals surface area contributed by atoms with Gasteiger partial charge < -0.3 is 24.3 Å². The molecule has 0 saturated heterocycles. The van der Waals surface area contributed by atoms with Crippen molar-refractivity contribution in [2.24, 2.45) is 0 Å². The zero-order chi connectivity index (χ0) is 23.0. The highest BCUT2D eigenvalue weighted by Crippen LogP contribution is 2.28. The van der Waals surface area contributed by atoms with E-state index in [-0.39, 0.29) is 30.4 Å². The van der Waals surface area contributed by atoms with Crippen LogP contribution in [0.3, 0.4) is 0 Å². The molecule has 2 rings (SSSR count). The first kappa shape index (κ1) is 24.9. The highest BCUT2D eigenvalue weighted by molar-refractivity contribution is 6.30. The molecule has 0 saturated carbocycles. The third kappa shape index (κ3) is 8.01. The van der Waals surface area contributed by atoms with E-state index in [9.17, 15) is 4.79 Å². The first-order chi connectivity index (χ1) is 14.6. The molecule has 1 N–H and O–H groups in total. The van der Waals surface area contributed by atoms with Crippen LogP contribution >= 0.6 is 11.6 Å². The number of pyridine rings is 1. The molecule has 2 atom stereocenters. The first-order valence-corrected chi connectivity index (χ1v) is 10.4. The summed E-state index contributed by atoms with van der Waals surface area (Å²) in [7, 11) is 3.15. The highest BCUT2D eigenvalue weighted by atomic mass is 35.5. The summed E-state index contributed by atoms with van der Waals surface area (Å²) >= 11 is 6.29. The Hall–Kier alpha value is -2.35. The van der Waals surface area contributed by atoms with E-state index in [1.165, 1.54) is 7.11 Å². The second kappa shape index (κ2) is 11.3. The van der Waals surface area contributed by atoms with Crippen molar-refractivity contribution < 1.29 is 23.7 Å². The summed E-state index contributed by atoms with van der Waals surface area (Å²) in [6.07, 6.45) is 0.0966. The van der Waals surface area contributed by atoms with Gasteiger partial charge in [-0.3, -0.25) is 4.79 Å². The quantitative estimate of drug-likeness (QED) is 0.315. The van der Waals surface area contributed by atoms with E-state index in [0.29, 0.717) is 11.4 Å². The molecule has 0 radical (unpaired) electrons. The van der Waals surface area contributed by atoms with Crippen LogP contribution in [0.15, 0.2) is 36.4 Å². The smallest absolute Gasteiger partial charge is 0.308 e. The average molecular weight is 451 g/mol. The third-order valence-electron chi connectivity index (χ3n) is 4.38. The lowest BCUT2D eigenvalue weighted by atomic mass is 10.0. The summed E-state index contributed by atoms with van der Waals surface area (Å²) in [5.41, 5.74) is 1.08. The SMILES string of the molecule is COCOc1ccc([C@@H](CC(=O)OC(C)(C)C)N[C@@H](C)c2ccc(OC)cc2)nc1Cl. The monoisotopic (exact) mass is 450 g/mol. The molecule has 0 amide bonds. The Morgan fingerprint density at radius 1 is 1.13 bits per heavy atom. The van der Waals surface area contributed by atoms with E-state index >= 15 is 0 Å². The van der Waals surface area contributed by atoms with Gasteiger partial charge in [-0.2, -0.15) is 0 Å². The second-order valence-corrected chi connectivity index (χ2v) is 8.44. The van der Waals surface area contributed by atoms with Crippen LogP contribution in [0.1, 0.15) is 57.5 Å². The number of carbonyl (C=O) groups excluding carboxylic acids is 1. The molecule has 0 aliphatic rings. The standard InChI is InChI=1S/C23H31ClN2O5/c1-15(16-7-9-17(29-6)10-8-16)25-19(13-21(27)31-23(2,3)4)18-11-12-20(22(24)26-18)30-14-28-5/h7-12,15,19,25H,13-14H2,1-6H3/t15-,19+/m0/s1. The molecule has 1 aromatic heterocycles. The average Bonchev–Trinajstić information content (AvgIpc) is 2.71. The molecule has 8 heteroatoms. The molecule has 1 aromatic carbocycles. The van der Waals surface area contributed by atoms with E-state index < -0.39 is 11.6 Å². The molecule has 0 spiro atoms. The van der Waals surface area contributed by atoms with E-state index in [1.807, 2.05) is 52.0 Å². The Morgan fingerprint density at radius 3 is 2.35 bits per heavy atom. The lowest BCUT2D eigenvalue weighted by molar-refractivity contribution is -0.155. The van der Waals surface area contributed by atoms with Crippen molar-refractivity contribution in [2.45, 2.75) is 51.8 Å². The van der Waals surface area contributed by atoms with Gasteiger partial charge in [0.15, 0.2) is 17.7 Å². The summed E-state index contributed by atoms with van der Waals surface area (Å²) in [4.78, 5) is 17.0. The largest absolute Gasteiger partial charge is 0.497 e. The summed E-state index contributed by atoms with van der Waals surface area (Å²) in [5.74, 6) is 0.859. The van der Waals surface area contributed by atoms with Gasteiger partial charge in [-0.1, -0.05) is 23.7 Å².